The second-order valence-corrected chi connectivity index (χ2v) is 2.16. The van der Waals surface area contributed by atoms with E-state index in [1.807, 2.05) is 0 Å². The molecule has 1 fully saturated rings. The van der Waals surface area contributed by atoms with E-state index in [2.05, 4.69) is 9.47 Å². The molecule has 0 spiro atoms. The van der Waals surface area contributed by atoms with Gasteiger partial charge < -0.3 is 9.47 Å². The summed E-state index contributed by atoms with van der Waals surface area (Å²) in [5, 5.41) is 0. The van der Waals surface area contributed by atoms with Gasteiger partial charge in [-0.1, -0.05) is 0 Å². The zero-order valence-corrected chi connectivity index (χ0v) is 5.79. The maximum Gasteiger partial charge on any atom is 0.347 e. The first kappa shape index (κ1) is 7.05. The monoisotopic (exact) mass is 146 g/mol. The Kier molecular flexibility index (Phi) is 1.61. The third-order valence-corrected chi connectivity index (χ3v) is 1.25. The van der Waals surface area contributed by atoms with Crippen molar-refractivity contribution in [3.05, 3.63) is 0 Å². The van der Waals surface area contributed by atoms with Crippen molar-refractivity contribution in [2.45, 2.75) is 26.1 Å². The fraction of sp³-hybridized carbons (Fsp3) is 0.667. The maximum absolute atomic E-state index is 10.7. The van der Waals surface area contributed by atoms with Gasteiger partial charge in [0.15, 0.2) is 12.2 Å². The van der Waals surface area contributed by atoms with Gasteiger partial charge in [-0.15, -0.1) is 0 Å². The predicted molar refractivity (Wildman–Crippen MR) is 31.1 cm³/mol. The van der Waals surface area contributed by atoms with E-state index in [0.717, 1.165) is 0 Å². The van der Waals surface area contributed by atoms with Crippen LogP contribution in [0.5, 0.6) is 0 Å². The molecule has 56 valence electrons. The number of hydrogen-bond donors (Lipinski definition) is 0. The van der Waals surface area contributed by atoms with Gasteiger partial charge in [-0.05, 0) is 13.8 Å². The molecular formula is C6H8O4. The number of carbonyl (C=O) groups excluding carboxylic acids is 2. The van der Waals surface area contributed by atoms with Crippen LogP contribution in [0.3, 0.4) is 0 Å². The smallest absolute Gasteiger partial charge is 0.347 e. The van der Waals surface area contributed by atoms with Gasteiger partial charge >= 0.3 is 11.9 Å². The summed E-state index contributed by atoms with van der Waals surface area (Å²) in [4.78, 5) is 21.3. The van der Waals surface area contributed by atoms with Crippen molar-refractivity contribution in [1.82, 2.24) is 0 Å². The van der Waals surface area contributed by atoms with Gasteiger partial charge in [0.2, 0.25) is 0 Å². The Morgan fingerprint density at radius 1 is 1.00 bits per heavy atom. The molecule has 0 bridgehead atoms. The number of esters is 2. The molecule has 2 atom stereocenters. The maximum atomic E-state index is 10.7. The lowest BCUT2D eigenvalue weighted by Crippen LogP contribution is -2.40. The van der Waals surface area contributed by atoms with Crippen molar-refractivity contribution in [3.63, 3.8) is 0 Å². The molecule has 0 aromatic heterocycles. The van der Waals surface area contributed by atoms with Crippen LogP contribution in [-0.4, -0.2) is 24.1 Å². The number of rotatable bonds is 0. The molecule has 1 aliphatic heterocycles. The molecule has 0 aromatic rings. The molecule has 1 aliphatic rings. The molecule has 4 nitrogen and oxygen atoms in total. The van der Waals surface area contributed by atoms with Crippen LogP contribution >= 0.6 is 0 Å². The molecule has 0 aliphatic carbocycles. The largest absolute Gasteiger partial charge is 0.448 e. The Balaban J connectivity index is 2.63. The minimum Gasteiger partial charge on any atom is -0.448 e. The van der Waals surface area contributed by atoms with Gasteiger partial charge in [0.25, 0.3) is 0 Å². The molecule has 0 unspecified atom stereocenters. The Morgan fingerprint density at radius 2 is 1.30 bits per heavy atom. The van der Waals surface area contributed by atoms with Crippen molar-refractivity contribution in [2.75, 3.05) is 0 Å². The Morgan fingerprint density at radius 3 is 1.60 bits per heavy atom. The molecule has 10 heavy (non-hydrogen) atoms. The van der Waals surface area contributed by atoms with Crippen LogP contribution < -0.4 is 0 Å². The molecule has 0 radical (unpaired) electrons. The third kappa shape index (κ3) is 1.10. The highest BCUT2D eigenvalue weighted by Crippen LogP contribution is 2.08. The molecule has 0 saturated carbocycles. The lowest BCUT2D eigenvalue weighted by atomic mass is 10.4. The van der Waals surface area contributed by atoms with Gasteiger partial charge in [0.05, 0.1) is 0 Å². The van der Waals surface area contributed by atoms with Gasteiger partial charge in [-0.25, -0.2) is 9.59 Å². The lowest BCUT2D eigenvalue weighted by Gasteiger charge is -2.22. The normalized spacial score (nSPS) is 33.0. The van der Waals surface area contributed by atoms with Gasteiger partial charge in [-0.3, -0.25) is 0 Å². The second-order valence-electron chi connectivity index (χ2n) is 2.16. The third-order valence-electron chi connectivity index (χ3n) is 1.25. The Labute approximate surface area is 58.1 Å². The van der Waals surface area contributed by atoms with Crippen LogP contribution in [0.2, 0.25) is 0 Å². The summed E-state index contributed by atoms with van der Waals surface area (Å²) in [5.74, 6) is -0.959. The molecule has 0 N–H and O–H groups in total. The zero-order valence-electron chi connectivity index (χ0n) is 5.79. The lowest BCUT2D eigenvalue weighted by molar-refractivity contribution is -0.191. The topological polar surface area (TPSA) is 52.6 Å². The summed E-state index contributed by atoms with van der Waals surface area (Å²) in [5.41, 5.74) is 0. The van der Waals surface area contributed by atoms with Crippen LogP contribution in [0.15, 0.2) is 0 Å². The van der Waals surface area contributed by atoms with Gasteiger partial charge in [-0.2, -0.15) is 0 Å². The molecule has 1 saturated heterocycles. The molecule has 0 aromatic carbocycles. The van der Waals surface area contributed by atoms with E-state index in [-0.39, 0.29) is 0 Å². The van der Waals surface area contributed by atoms with Crippen LogP contribution in [0.1, 0.15) is 13.8 Å². The first-order valence-corrected chi connectivity index (χ1v) is 3.02. The van der Waals surface area contributed by atoms with Gasteiger partial charge in [0.1, 0.15) is 0 Å². The highest BCUT2D eigenvalue weighted by molar-refractivity contribution is 5.86. The zero-order chi connectivity index (χ0) is 7.72. The SMILES string of the molecule is [13CH3][C@@H]1OC(=O)[C@H]([13CH3])OC1=O. The first-order valence-electron chi connectivity index (χ1n) is 3.02. The van der Waals surface area contributed by atoms with Crippen molar-refractivity contribution >= 4 is 11.9 Å². The summed E-state index contributed by atoms with van der Waals surface area (Å²) in [6, 6.07) is 0. The van der Waals surface area contributed by atoms with Crippen molar-refractivity contribution in [2.24, 2.45) is 0 Å². The highest BCUT2D eigenvalue weighted by Gasteiger charge is 2.32. The number of ether oxygens (including phenoxy) is 2. The molecule has 4 heteroatoms. The van der Waals surface area contributed by atoms with E-state index in [1.54, 1.807) is 0 Å². The molecule has 1 heterocycles. The number of carbonyl (C=O) groups is 2. The summed E-state index contributed by atoms with van der Waals surface area (Å²) in [6.45, 7) is 2.96. The van der Waals surface area contributed by atoms with Crippen molar-refractivity contribution in [3.8, 4) is 0 Å². The minimum absolute atomic E-state index is 0.480. The van der Waals surface area contributed by atoms with E-state index in [9.17, 15) is 9.59 Å². The van der Waals surface area contributed by atoms with Crippen LogP contribution in [-0.2, 0) is 19.1 Å². The number of cyclic esters (lactones) is 2. The van der Waals surface area contributed by atoms with Crippen LogP contribution in [0, 0.1) is 0 Å². The second kappa shape index (κ2) is 2.28. The van der Waals surface area contributed by atoms with Crippen molar-refractivity contribution in [1.29, 1.82) is 0 Å². The van der Waals surface area contributed by atoms with Crippen molar-refractivity contribution < 1.29 is 19.1 Å². The Bertz CT molecular complexity index is 155. The average Bonchev–Trinajstić information content (AvgIpc) is 1.84. The van der Waals surface area contributed by atoms with Gasteiger partial charge in [0, 0.05) is 0 Å². The highest BCUT2D eigenvalue weighted by atomic mass is 16.6. The predicted octanol–water partition coefficient (Wildman–Crippen LogP) is -0.137. The van der Waals surface area contributed by atoms with E-state index in [4.69, 9.17) is 0 Å². The summed E-state index contributed by atoms with van der Waals surface area (Å²) < 4.78 is 9.19. The van der Waals surface area contributed by atoms with E-state index in [1.165, 1.54) is 13.8 Å². The molecule has 0 amide bonds. The standard InChI is InChI=1S/C6H8O4/c1-3-5(7)10-4(2)6(8)9-3/h3-4H,1-2H3/t3-,4-/m0/s1/i1+1,2+1. The minimum atomic E-state index is -0.747. The van der Waals surface area contributed by atoms with E-state index in [0.29, 0.717) is 0 Å². The molecule has 1 rings (SSSR count). The average molecular weight is 146 g/mol. The fourth-order valence-electron chi connectivity index (χ4n) is 0.636. The van der Waals surface area contributed by atoms with Crippen LogP contribution in [0.25, 0.3) is 0 Å². The van der Waals surface area contributed by atoms with Crippen LogP contribution in [0.4, 0.5) is 0 Å². The Hall–Kier alpha value is -1.06. The van der Waals surface area contributed by atoms with E-state index < -0.39 is 24.1 Å². The summed E-state index contributed by atoms with van der Waals surface area (Å²) >= 11 is 0. The first-order chi connectivity index (χ1) is 4.61. The number of hydrogen-bond acceptors (Lipinski definition) is 4. The summed E-state index contributed by atoms with van der Waals surface area (Å²) in [6.07, 6.45) is -1.49. The quantitative estimate of drug-likeness (QED) is 0.352. The molecular weight excluding hydrogens is 138 g/mol. The fourth-order valence-corrected chi connectivity index (χ4v) is 0.636. The van der Waals surface area contributed by atoms with E-state index >= 15 is 0 Å². The summed E-state index contributed by atoms with van der Waals surface area (Å²) in [7, 11) is 0.